The van der Waals surface area contributed by atoms with Gasteiger partial charge in [-0.3, -0.25) is 9.63 Å². The fourth-order valence-corrected chi connectivity index (χ4v) is 3.35. The van der Waals surface area contributed by atoms with Crippen molar-refractivity contribution in [1.29, 1.82) is 0 Å². The van der Waals surface area contributed by atoms with Crippen LogP contribution in [0.15, 0.2) is 42.5 Å². The number of rotatable bonds is 4. The van der Waals surface area contributed by atoms with Crippen molar-refractivity contribution in [3.8, 4) is 0 Å². The molecule has 0 aromatic heterocycles. The molecule has 2 aromatic rings. The second-order valence-corrected chi connectivity index (χ2v) is 6.16. The van der Waals surface area contributed by atoms with Crippen LogP contribution in [0.5, 0.6) is 0 Å². The number of benzene rings is 2. The van der Waals surface area contributed by atoms with Crippen molar-refractivity contribution in [2.75, 3.05) is 12.2 Å². The minimum atomic E-state index is -0.704. The van der Waals surface area contributed by atoms with Gasteiger partial charge in [0.1, 0.15) is 5.41 Å². The highest BCUT2D eigenvalue weighted by molar-refractivity contribution is 6.08. The molecule has 1 amide bonds. The van der Waals surface area contributed by atoms with Gasteiger partial charge in [-0.2, -0.15) is 5.06 Å². The number of carbonyl (C=O) groups excluding carboxylic acids is 1. The number of nitrogens with zero attached hydrogens (tertiary/aromatic N) is 1. The summed E-state index contributed by atoms with van der Waals surface area (Å²) in [5, 5.41) is 1.43. The van der Waals surface area contributed by atoms with E-state index in [1.165, 1.54) is 16.2 Å². The van der Waals surface area contributed by atoms with Crippen molar-refractivity contribution >= 4 is 11.6 Å². The maximum Gasteiger partial charge on any atom is 0.265 e. The highest BCUT2D eigenvalue weighted by Gasteiger charge is 2.49. The first-order valence-electron chi connectivity index (χ1n) is 8.17. The Labute approximate surface area is 137 Å². The van der Waals surface area contributed by atoms with Gasteiger partial charge in [-0.1, -0.05) is 50.2 Å². The second kappa shape index (κ2) is 5.82. The van der Waals surface area contributed by atoms with E-state index in [9.17, 15) is 4.79 Å². The van der Waals surface area contributed by atoms with Crippen LogP contribution >= 0.6 is 0 Å². The van der Waals surface area contributed by atoms with Crippen LogP contribution < -0.4 is 5.06 Å². The van der Waals surface area contributed by atoms with Crippen molar-refractivity contribution in [1.82, 2.24) is 0 Å². The van der Waals surface area contributed by atoms with E-state index in [1.54, 1.807) is 7.11 Å². The van der Waals surface area contributed by atoms with Crippen LogP contribution in [0, 0.1) is 0 Å². The van der Waals surface area contributed by atoms with Gasteiger partial charge in [-0.15, -0.1) is 0 Å². The van der Waals surface area contributed by atoms with Crippen LogP contribution in [0.1, 0.15) is 43.0 Å². The van der Waals surface area contributed by atoms with Crippen molar-refractivity contribution in [2.24, 2.45) is 0 Å². The third kappa shape index (κ3) is 2.27. The highest BCUT2D eigenvalue weighted by atomic mass is 16.7. The van der Waals surface area contributed by atoms with E-state index >= 15 is 0 Å². The number of hydrogen-bond donors (Lipinski definition) is 0. The maximum absolute atomic E-state index is 13.1. The third-order valence-electron chi connectivity index (χ3n) is 4.96. The topological polar surface area (TPSA) is 29.5 Å². The van der Waals surface area contributed by atoms with Crippen LogP contribution in [0.2, 0.25) is 0 Å². The summed E-state index contributed by atoms with van der Waals surface area (Å²) in [6.07, 6.45) is 1.92. The lowest BCUT2D eigenvalue weighted by Gasteiger charge is -2.24. The lowest BCUT2D eigenvalue weighted by molar-refractivity contribution is -0.127. The van der Waals surface area contributed by atoms with Gasteiger partial charge in [0, 0.05) is 0 Å². The van der Waals surface area contributed by atoms with E-state index in [1.807, 2.05) is 6.92 Å². The van der Waals surface area contributed by atoms with Gasteiger partial charge in [-0.25, -0.2) is 0 Å². The van der Waals surface area contributed by atoms with Crippen LogP contribution in [0.3, 0.4) is 0 Å². The van der Waals surface area contributed by atoms with E-state index in [-0.39, 0.29) is 5.91 Å². The van der Waals surface area contributed by atoms with Crippen molar-refractivity contribution in [3.63, 3.8) is 0 Å². The molecule has 3 rings (SSSR count). The molecule has 1 aliphatic heterocycles. The fraction of sp³-hybridized carbons (Fsp3) is 0.350. The average molecular weight is 309 g/mol. The molecule has 120 valence electrons. The fourth-order valence-electron chi connectivity index (χ4n) is 3.35. The van der Waals surface area contributed by atoms with E-state index < -0.39 is 5.41 Å². The molecule has 0 bridgehead atoms. The molecule has 0 saturated carbocycles. The molecule has 1 unspecified atom stereocenters. The van der Waals surface area contributed by atoms with E-state index in [4.69, 9.17) is 4.84 Å². The van der Waals surface area contributed by atoms with Crippen molar-refractivity contribution in [3.05, 3.63) is 64.7 Å². The zero-order valence-corrected chi connectivity index (χ0v) is 14.2. The number of carbonyl (C=O) groups is 1. The minimum Gasteiger partial charge on any atom is -0.271 e. The van der Waals surface area contributed by atoms with Gasteiger partial charge in [0.2, 0.25) is 0 Å². The molecule has 0 aliphatic carbocycles. The summed E-state index contributed by atoms with van der Waals surface area (Å²) in [5.74, 6) is -0.0347. The van der Waals surface area contributed by atoms with Gasteiger partial charge in [0.15, 0.2) is 0 Å². The number of hydroxylamine groups is 1. The summed E-state index contributed by atoms with van der Waals surface area (Å²) in [6.45, 7) is 6.23. The Morgan fingerprint density at radius 2 is 1.61 bits per heavy atom. The first-order chi connectivity index (χ1) is 11.1. The Balaban J connectivity index is 2.17. The summed E-state index contributed by atoms with van der Waals surface area (Å²) in [6, 6.07) is 14.6. The molecule has 23 heavy (non-hydrogen) atoms. The average Bonchev–Trinajstić information content (AvgIpc) is 2.82. The quantitative estimate of drug-likeness (QED) is 0.853. The minimum absolute atomic E-state index is 0.0347. The van der Waals surface area contributed by atoms with Gasteiger partial charge in [-0.05, 0) is 48.1 Å². The first kappa shape index (κ1) is 15.8. The molecule has 0 fully saturated rings. The molecule has 1 heterocycles. The van der Waals surface area contributed by atoms with Gasteiger partial charge in [0.05, 0.1) is 12.8 Å². The number of hydrogen-bond acceptors (Lipinski definition) is 2. The highest BCUT2D eigenvalue weighted by Crippen LogP contribution is 2.46. The van der Waals surface area contributed by atoms with Gasteiger partial charge < -0.3 is 0 Å². The van der Waals surface area contributed by atoms with Gasteiger partial charge in [0.25, 0.3) is 5.91 Å². The lowest BCUT2D eigenvalue weighted by Crippen LogP contribution is -2.38. The molecule has 2 aromatic carbocycles. The third-order valence-corrected chi connectivity index (χ3v) is 4.96. The Kier molecular flexibility index (Phi) is 3.99. The normalized spacial score (nSPS) is 20.0. The maximum atomic E-state index is 13.1. The molecule has 0 N–H and O–H groups in total. The molecule has 0 radical (unpaired) electrons. The lowest BCUT2D eigenvalue weighted by atomic mass is 9.77. The molecule has 3 heteroatoms. The zero-order chi connectivity index (χ0) is 16.6. The van der Waals surface area contributed by atoms with Crippen LogP contribution in [0.4, 0.5) is 5.69 Å². The molecular weight excluding hydrogens is 286 g/mol. The number of fused-ring (bicyclic) bond motifs is 1. The monoisotopic (exact) mass is 309 g/mol. The summed E-state index contributed by atoms with van der Waals surface area (Å²) in [7, 11) is 1.55. The summed E-state index contributed by atoms with van der Waals surface area (Å²) in [4.78, 5) is 18.5. The smallest absolute Gasteiger partial charge is 0.265 e. The van der Waals surface area contributed by atoms with E-state index in [0.29, 0.717) is 0 Å². The largest absolute Gasteiger partial charge is 0.271 e. The standard InChI is InChI=1S/C20H23NO2/c1-5-14-7-10-16(11-8-14)20(3)17-12-9-15(6-2)13-18(17)21(23-4)19(20)22/h7-13H,5-6H2,1-4H3. The van der Waals surface area contributed by atoms with Crippen LogP contribution in [-0.2, 0) is 27.9 Å². The Bertz CT molecular complexity index is 736. The predicted octanol–water partition coefficient (Wildman–Crippen LogP) is 4.03. The number of aryl methyl sites for hydroxylation is 2. The zero-order valence-electron chi connectivity index (χ0n) is 14.2. The van der Waals surface area contributed by atoms with Crippen LogP contribution in [0.25, 0.3) is 0 Å². The number of anilines is 1. The van der Waals surface area contributed by atoms with Crippen molar-refractivity contribution in [2.45, 2.75) is 39.0 Å². The van der Waals surface area contributed by atoms with Crippen molar-refractivity contribution < 1.29 is 9.63 Å². The van der Waals surface area contributed by atoms with Crippen LogP contribution in [-0.4, -0.2) is 13.0 Å². The van der Waals surface area contributed by atoms with E-state index in [0.717, 1.165) is 29.7 Å². The molecular formula is C20H23NO2. The second-order valence-electron chi connectivity index (χ2n) is 6.16. The molecule has 0 saturated heterocycles. The Morgan fingerprint density at radius 3 is 2.17 bits per heavy atom. The predicted molar refractivity (Wildman–Crippen MR) is 92.6 cm³/mol. The molecule has 1 aliphatic rings. The van der Waals surface area contributed by atoms with Gasteiger partial charge >= 0.3 is 0 Å². The summed E-state index contributed by atoms with van der Waals surface area (Å²) >= 11 is 0. The summed E-state index contributed by atoms with van der Waals surface area (Å²) in [5.41, 5.74) is 4.63. The molecule has 3 nitrogen and oxygen atoms in total. The molecule has 0 spiro atoms. The SMILES string of the molecule is CCc1ccc(C2(C)C(=O)N(OC)c3cc(CC)ccc32)cc1. The molecule has 1 atom stereocenters. The Hall–Kier alpha value is -2.13. The Morgan fingerprint density at radius 1 is 1.00 bits per heavy atom. The van der Waals surface area contributed by atoms with E-state index in [2.05, 4.69) is 56.3 Å². The number of amides is 1. The summed E-state index contributed by atoms with van der Waals surface area (Å²) < 4.78 is 0. The first-order valence-corrected chi connectivity index (χ1v) is 8.17.